The summed E-state index contributed by atoms with van der Waals surface area (Å²) >= 11 is 1.71. The van der Waals surface area contributed by atoms with Crippen molar-refractivity contribution in [2.75, 3.05) is 6.61 Å². The second-order valence-corrected chi connectivity index (χ2v) is 4.69. The van der Waals surface area contributed by atoms with Crippen molar-refractivity contribution in [3.63, 3.8) is 0 Å². The highest BCUT2D eigenvalue weighted by Crippen LogP contribution is 2.48. The highest BCUT2D eigenvalue weighted by Gasteiger charge is 2.46. The van der Waals surface area contributed by atoms with E-state index >= 15 is 0 Å². The molecule has 1 N–H and O–H groups in total. The van der Waals surface area contributed by atoms with E-state index in [-0.39, 0.29) is 12.0 Å². The fourth-order valence-electron chi connectivity index (χ4n) is 1.51. The zero-order chi connectivity index (χ0) is 9.31. The van der Waals surface area contributed by atoms with Crippen molar-refractivity contribution in [2.45, 2.75) is 38.0 Å². The maximum Gasteiger partial charge on any atom is 0.101 e. The van der Waals surface area contributed by atoms with E-state index in [1.54, 1.807) is 11.3 Å². The Morgan fingerprint density at radius 3 is 2.92 bits per heavy atom. The van der Waals surface area contributed by atoms with E-state index in [0.717, 1.165) is 30.7 Å². The van der Waals surface area contributed by atoms with Crippen LogP contribution in [0.1, 0.15) is 36.9 Å². The summed E-state index contributed by atoms with van der Waals surface area (Å²) in [5.74, 6) is 0. The fourth-order valence-corrected chi connectivity index (χ4v) is 2.62. The first-order chi connectivity index (χ1) is 6.30. The van der Waals surface area contributed by atoms with Crippen molar-refractivity contribution in [1.29, 1.82) is 0 Å². The van der Waals surface area contributed by atoms with Crippen molar-refractivity contribution in [2.24, 2.45) is 0 Å². The van der Waals surface area contributed by atoms with Gasteiger partial charge in [-0.25, -0.2) is 4.98 Å². The number of nitrogens with zero attached hydrogens (tertiary/aromatic N) is 1. The molecule has 1 saturated carbocycles. The number of hydrogen-bond acceptors (Lipinski definition) is 3. The molecular weight excluding hydrogens is 182 g/mol. The number of hydrogen-bond donors (Lipinski definition) is 1. The van der Waals surface area contributed by atoms with Crippen LogP contribution in [-0.4, -0.2) is 16.7 Å². The average molecular weight is 197 g/mol. The first-order valence-electron chi connectivity index (χ1n) is 4.86. The number of rotatable bonds is 4. The van der Waals surface area contributed by atoms with Gasteiger partial charge in [-0.1, -0.05) is 13.3 Å². The quantitative estimate of drug-likeness (QED) is 0.802. The Hall–Kier alpha value is -0.410. The molecule has 1 aliphatic rings. The van der Waals surface area contributed by atoms with Gasteiger partial charge in [-0.3, -0.25) is 0 Å². The van der Waals surface area contributed by atoms with Gasteiger partial charge in [-0.15, -0.1) is 11.3 Å². The molecule has 0 atom stereocenters. The molecule has 1 heterocycles. The topological polar surface area (TPSA) is 33.1 Å². The SMILES string of the molecule is CCCc1csc(C2(CO)CC2)n1. The molecule has 2 rings (SSSR count). The van der Waals surface area contributed by atoms with Gasteiger partial charge in [0, 0.05) is 10.8 Å². The summed E-state index contributed by atoms with van der Waals surface area (Å²) in [6, 6.07) is 0. The Morgan fingerprint density at radius 2 is 2.38 bits per heavy atom. The van der Waals surface area contributed by atoms with Gasteiger partial charge in [0.15, 0.2) is 0 Å². The highest BCUT2D eigenvalue weighted by atomic mass is 32.1. The van der Waals surface area contributed by atoms with E-state index in [1.165, 1.54) is 5.69 Å². The van der Waals surface area contributed by atoms with Crippen molar-refractivity contribution >= 4 is 11.3 Å². The molecule has 3 heteroatoms. The van der Waals surface area contributed by atoms with Crippen LogP contribution in [0.5, 0.6) is 0 Å². The molecule has 1 fully saturated rings. The van der Waals surface area contributed by atoms with Crippen LogP contribution in [0, 0.1) is 0 Å². The molecule has 1 aliphatic carbocycles. The van der Waals surface area contributed by atoms with Crippen LogP contribution in [0.4, 0.5) is 0 Å². The monoisotopic (exact) mass is 197 g/mol. The number of aliphatic hydroxyl groups excluding tert-OH is 1. The minimum atomic E-state index is 0.0661. The standard InChI is InChI=1S/C10H15NOS/c1-2-3-8-6-13-9(11-8)10(7-12)4-5-10/h6,12H,2-5,7H2,1H3. The lowest BCUT2D eigenvalue weighted by Crippen LogP contribution is -2.11. The van der Waals surface area contributed by atoms with Crippen LogP contribution in [0.15, 0.2) is 5.38 Å². The Balaban J connectivity index is 2.13. The lowest BCUT2D eigenvalue weighted by molar-refractivity contribution is 0.254. The van der Waals surface area contributed by atoms with Crippen LogP contribution >= 0.6 is 11.3 Å². The molecule has 0 aliphatic heterocycles. The average Bonchev–Trinajstić information content (AvgIpc) is 2.82. The maximum atomic E-state index is 9.22. The third kappa shape index (κ3) is 1.63. The normalized spacial score (nSPS) is 18.9. The van der Waals surface area contributed by atoms with Crippen molar-refractivity contribution in [1.82, 2.24) is 4.98 Å². The fraction of sp³-hybridized carbons (Fsp3) is 0.700. The number of aromatic nitrogens is 1. The number of thiazole rings is 1. The van der Waals surface area contributed by atoms with E-state index in [2.05, 4.69) is 17.3 Å². The number of aryl methyl sites for hydroxylation is 1. The lowest BCUT2D eigenvalue weighted by Gasteiger charge is -2.05. The van der Waals surface area contributed by atoms with Gasteiger partial charge >= 0.3 is 0 Å². The van der Waals surface area contributed by atoms with Gasteiger partial charge in [0.05, 0.1) is 12.3 Å². The number of aliphatic hydroxyl groups is 1. The van der Waals surface area contributed by atoms with Crippen LogP contribution < -0.4 is 0 Å². The van der Waals surface area contributed by atoms with Crippen molar-refractivity contribution in [3.8, 4) is 0 Å². The lowest BCUT2D eigenvalue weighted by atomic mass is 10.1. The molecule has 0 aromatic carbocycles. The summed E-state index contributed by atoms with van der Waals surface area (Å²) < 4.78 is 0. The van der Waals surface area contributed by atoms with Crippen LogP contribution in [0.2, 0.25) is 0 Å². The van der Waals surface area contributed by atoms with E-state index < -0.39 is 0 Å². The van der Waals surface area contributed by atoms with Crippen molar-refractivity contribution in [3.05, 3.63) is 16.1 Å². The van der Waals surface area contributed by atoms with E-state index in [4.69, 9.17) is 0 Å². The summed E-state index contributed by atoms with van der Waals surface area (Å²) in [5, 5.41) is 12.5. The van der Waals surface area contributed by atoms with Gasteiger partial charge in [-0.2, -0.15) is 0 Å². The van der Waals surface area contributed by atoms with E-state index in [0.29, 0.717) is 0 Å². The second kappa shape index (κ2) is 3.39. The summed E-state index contributed by atoms with van der Waals surface area (Å²) in [4.78, 5) is 4.56. The van der Waals surface area contributed by atoms with Gasteiger partial charge in [0.2, 0.25) is 0 Å². The summed E-state index contributed by atoms with van der Waals surface area (Å²) in [6.45, 7) is 2.43. The van der Waals surface area contributed by atoms with Gasteiger partial charge in [0.25, 0.3) is 0 Å². The zero-order valence-electron chi connectivity index (χ0n) is 7.92. The predicted molar refractivity (Wildman–Crippen MR) is 54.1 cm³/mol. The highest BCUT2D eigenvalue weighted by molar-refractivity contribution is 7.09. The van der Waals surface area contributed by atoms with Gasteiger partial charge in [0.1, 0.15) is 5.01 Å². The second-order valence-electron chi connectivity index (χ2n) is 3.83. The minimum absolute atomic E-state index is 0.0661. The summed E-state index contributed by atoms with van der Waals surface area (Å²) in [7, 11) is 0. The Morgan fingerprint density at radius 1 is 1.62 bits per heavy atom. The third-order valence-corrected chi connectivity index (χ3v) is 3.81. The minimum Gasteiger partial charge on any atom is -0.395 e. The summed E-state index contributed by atoms with van der Waals surface area (Å²) in [5.41, 5.74) is 1.26. The third-order valence-electron chi connectivity index (χ3n) is 2.67. The molecule has 0 bridgehead atoms. The van der Waals surface area contributed by atoms with Gasteiger partial charge in [-0.05, 0) is 19.3 Å². The summed E-state index contributed by atoms with van der Waals surface area (Å²) in [6.07, 6.45) is 4.44. The van der Waals surface area contributed by atoms with Crippen LogP contribution in [0.25, 0.3) is 0 Å². The Labute approximate surface area is 82.6 Å². The molecule has 13 heavy (non-hydrogen) atoms. The molecule has 1 aromatic heterocycles. The molecule has 2 nitrogen and oxygen atoms in total. The molecular formula is C10H15NOS. The van der Waals surface area contributed by atoms with Crippen molar-refractivity contribution < 1.29 is 5.11 Å². The molecule has 0 amide bonds. The Bertz CT molecular complexity index is 291. The zero-order valence-corrected chi connectivity index (χ0v) is 8.73. The molecule has 0 spiro atoms. The first kappa shape index (κ1) is 9.16. The molecule has 0 saturated heterocycles. The molecule has 72 valence electrons. The van der Waals surface area contributed by atoms with E-state index in [1.807, 2.05) is 0 Å². The smallest absolute Gasteiger partial charge is 0.101 e. The van der Waals surface area contributed by atoms with E-state index in [9.17, 15) is 5.11 Å². The first-order valence-corrected chi connectivity index (χ1v) is 5.74. The largest absolute Gasteiger partial charge is 0.395 e. The molecule has 1 aromatic rings. The van der Waals surface area contributed by atoms with Crippen LogP contribution in [0.3, 0.4) is 0 Å². The molecule has 0 radical (unpaired) electrons. The maximum absolute atomic E-state index is 9.22. The Kier molecular flexibility index (Phi) is 2.39. The van der Waals surface area contributed by atoms with Crippen LogP contribution in [-0.2, 0) is 11.8 Å². The predicted octanol–water partition coefficient (Wildman–Crippen LogP) is 2.12. The van der Waals surface area contributed by atoms with Gasteiger partial charge < -0.3 is 5.11 Å². The molecule has 0 unspecified atom stereocenters.